The number of benzene rings is 1. The van der Waals surface area contributed by atoms with Gasteiger partial charge in [0.25, 0.3) is 0 Å². The summed E-state index contributed by atoms with van der Waals surface area (Å²) in [5.74, 6) is 0.383. The Labute approximate surface area is 102 Å². The minimum atomic E-state index is -1.01. The van der Waals surface area contributed by atoms with Gasteiger partial charge in [0.15, 0.2) is 6.29 Å². The van der Waals surface area contributed by atoms with Crippen molar-refractivity contribution in [1.82, 2.24) is 0 Å². The second kappa shape index (κ2) is 5.98. The number of ether oxygens (including phenoxy) is 1. The van der Waals surface area contributed by atoms with Crippen LogP contribution in [-0.4, -0.2) is 35.0 Å². The van der Waals surface area contributed by atoms with Gasteiger partial charge in [0.2, 0.25) is 0 Å². The summed E-state index contributed by atoms with van der Waals surface area (Å²) < 4.78 is 5.00. The summed E-state index contributed by atoms with van der Waals surface area (Å²) in [5.41, 5.74) is 0.918. The molecule has 0 aromatic heterocycles. The first kappa shape index (κ1) is 13.2. The summed E-state index contributed by atoms with van der Waals surface area (Å²) in [7, 11) is 1.44. The van der Waals surface area contributed by atoms with Crippen LogP contribution in [0.2, 0.25) is 0 Å². The minimum absolute atomic E-state index is 0.270. The van der Waals surface area contributed by atoms with Crippen LogP contribution in [0.25, 0.3) is 0 Å². The van der Waals surface area contributed by atoms with E-state index in [-0.39, 0.29) is 5.33 Å². The smallest absolute Gasteiger partial charge is 0.153 e. The number of carbonyl (C=O) groups excluding carboxylic acids is 1. The third kappa shape index (κ3) is 2.81. The average molecular weight is 289 g/mol. The Kier molecular flexibility index (Phi) is 4.92. The summed E-state index contributed by atoms with van der Waals surface area (Å²) in [6.07, 6.45) is -1.23. The van der Waals surface area contributed by atoms with Crippen LogP contribution in [0.5, 0.6) is 5.75 Å². The molecular formula is C11H13BrO4. The normalized spacial score (nSPS) is 14.2. The number of aldehydes is 1. The van der Waals surface area contributed by atoms with E-state index in [1.54, 1.807) is 18.2 Å². The largest absolute Gasteiger partial charge is 0.496 e. The highest BCUT2D eigenvalue weighted by atomic mass is 79.9. The lowest BCUT2D eigenvalue weighted by atomic mass is 10.0. The molecule has 1 aromatic carbocycles. The molecule has 0 amide bonds. The van der Waals surface area contributed by atoms with Crippen molar-refractivity contribution in [2.24, 2.45) is 0 Å². The van der Waals surface area contributed by atoms with Crippen molar-refractivity contribution >= 4 is 22.2 Å². The van der Waals surface area contributed by atoms with Crippen LogP contribution in [0.3, 0.4) is 0 Å². The van der Waals surface area contributed by atoms with E-state index in [0.29, 0.717) is 23.2 Å². The lowest BCUT2D eigenvalue weighted by Crippen LogP contribution is -2.19. The SMILES string of the molecule is COc1cc(C(O)C(O)CBr)ccc1C=O. The summed E-state index contributed by atoms with van der Waals surface area (Å²) in [6.45, 7) is 0. The first-order chi connectivity index (χ1) is 7.63. The van der Waals surface area contributed by atoms with Gasteiger partial charge < -0.3 is 14.9 Å². The predicted molar refractivity (Wildman–Crippen MR) is 63.1 cm³/mol. The first-order valence-electron chi connectivity index (χ1n) is 4.69. The van der Waals surface area contributed by atoms with Gasteiger partial charge in [-0.05, 0) is 17.7 Å². The number of aliphatic hydroxyl groups excluding tert-OH is 2. The van der Waals surface area contributed by atoms with Crippen LogP contribution in [-0.2, 0) is 0 Å². The highest BCUT2D eigenvalue weighted by molar-refractivity contribution is 9.09. The van der Waals surface area contributed by atoms with E-state index in [0.717, 1.165) is 0 Å². The van der Waals surface area contributed by atoms with Gasteiger partial charge in [-0.25, -0.2) is 0 Å². The minimum Gasteiger partial charge on any atom is -0.496 e. The molecule has 0 heterocycles. The molecule has 16 heavy (non-hydrogen) atoms. The monoisotopic (exact) mass is 288 g/mol. The van der Waals surface area contributed by atoms with Gasteiger partial charge in [0, 0.05) is 5.33 Å². The van der Waals surface area contributed by atoms with Crippen molar-refractivity contribution in [2.45, 2.75) is 12.2 Å². The van der Waals surface area contributed by atoms with E-state index >= 15 is 0 Å². The molecule has 0 radical (unpaired) electrons. The van der Waals surface area contributed by atoms with Crippen molar-refractivity contribution in [2.75, 3.05) is 12.4 Å². The first-order valence-corrected chi connectivity index (χ1v) is 5.81. The summed E-state index contributed by atoms with van der Waals surface area (Å²) in [6, 6.07) is 4.68. The van der Waals surface area contributed by atoms with E-state index in [2.05, 4.69) is 15.9 Å². The van der Waals surface area contributed by atoms with Gasteiger partial charge in [-0.3, -0.25) is 4.79 Å². The molecule has 0 bridgehead atoms. The van der Waals surface area contributed by atoms with Crippen molar-refractivity contribution < 1.29 is 19.7 Å². The zero-order valence-electron chi connectivity index (χ0n) is 8.76. The molecule has 0 saturated heterocycles. The number of rotatable bonds is 5. The Balaban J connectivity index is 3.02. The van der Waals surface area contributed by atoms with Crippen molar-refractivity contribution in [3.63, 3.8) is 0 Å². The molecule has 5 heteroatoms. The van der Waals surface area contributed by atoms with E-state index in [1.807, 2.05) is 0 Å². The molecule has 1 rings (SSSR count). The number of alkyl halides is 1. The molecule has 2 atom stereocenters. The van der Waals surface area contributed by atoms with Crippen LogP contribution >= 0.6 is 15.9 Å². The maximum absolute atomic E-state index is 10.7. The summed E-state index contributed by atoms with van der Waals surface area (Å²) >= 11 is 3.08. The third-order valence-corrected chi connectivity index (χ3v) is 2.91. The van der Waals surface area contributed by atoms with Crippen molar-refractivity contribution in [3.05, 3.63) is 29.3 Å². The van der Waals surface area contributed by atoms with E-state index < -0.39 is 12.2 Å². The molecule has 1 aromatic rings. The third-order valence-electron chi connectivity index (χ3n) is 2.25. The Morgan fingerprint density at radius 2 is 2.19 bits per heavy atom. The molecule has 2 unspecified atom stereocenters. The maximum atomic E-state index is 10.7. The lowest BCUT2D eigenvalue weighted by molar-refractivity contribution is 0.0341. The van der Waals surface area contributed by atoms with Gasteiger partial charge >= 0.3 is 0 Å². The summed E-state index contributed by atoms with van der Waals surface area (Å²) in [5, 5.41) is 19.5. The number of halogens is 1. The van der Waals surface area contributed by atoms with Crippen LogP contribution in [0.1, 0.15) is 22.0 Å². The van der Waals surface area contributed by atoms with Gasteiger partial charge in [0.1, 0.15) is 11.9 Å². The fourth-order valence-electron chi connectivity index (χ4n) is 1.32. The highest BCUT2D eigenvalue weighted by Crippen LogP contribution is 2.25. The zero-order valence-corrected chi connectivity index (χ0v) is 10.3. The van der Waals surface area contributed by atoms with Crippen LogP contribution in [0.4, 0.5) is 0 Å². The number of methoxy groups -OCH3 is 1. The maximum Gasteiger partial charge on any atom is 0.153 e. The molecule has 4 nitrogen and oxygen atoms in total. The van der Waals surface area contributed by atoms with Crippen molar-refractivity contribution in [1.29, 1.82) is 0 Å². The van der Waals surface area contributed by atoms with Crippen molar-refractivity contribution in [3.8, 4) is 5.75 Å². The van der Waals surface area contributed by atoms with Crippen LogP contribution < -0.4 is 4.74 Å². The second-order valence-corrected chi connectivity index (χ2v) is 3.93. The van der Waals surface area contributed by atoms with E-state index in [9.17, 15) is 15.0 Å². The predicted octanol–water partition coefficient (Wildman–Crippen LogP) is 1.30. The molecule has 0 aliphatic rings. The fourth-order valence-corrected chi connectivity index (χ4v) is 1.67. The van der Waals surface area contributed by atoms with Gasteiger partial charge in [-0.1, -0.05) is 22.0 Å². The molecule has 0 fully saturated rings. The number of carbonyl (C=O) groups is 1. The zero-order chi connectivity index (χ0) is 12.1. The Morgan fingerprint density at radius 1 is 1.50 bits per heavy atom. The highest BCUT2D eigenvalue weighted by Gasteiger charge is 2.18. The molecule has 0 aliphatic carbocycles. The summed E-state index contributed by atoms with van der Waals surface area (Å²) in [4.78, 5) is 10.7. The van der Waals surface area contributed by atoms with Crippen LogP contribution in [0.15, 0.2) is 18.2 Å². The number of hydrogen-bond donors (Lipinski definition) is 2. The lowest BCUT2D eigenvalue weighted by Gasteiger charge is -2.17. The van der Waals surface area contributed by atoms with Gasteiger partial charge in [-0.2, -0.15) is 0 Å². The molecular weight excluding hydrogens is 276 g/mol. The number of aliphatic hydroxyl groups is 2. The molecule has 0 saturated carbocycles. The molecule has 0 spiro atoms. The Bertz CT molecular complexity index is 367. The van der Waals surface area contributed by atoms with Gasteiger partial charge in [0.05, 0.1) is 18.8 Å². The van der Waals surface area contributed by atoms with E-state index in [1.165, 1.54) is 7.11 Å². The molecule has 2 N–H and O–H groups in total. The standard InChI is InChI=1S/C11H13BrO4/c1-16-10-4-7(2-3-8(10)6-13)11(15)9(14)5-12/h2-4,6,9,11,14-15H,5H2,1H3. The fraction of sp³-hybridized carbons (Fsp3) is 0.364. The second-order valence-electron chi connectivity index (χ2n) is 3.29. The molecule has 0 aliphatic heterocycles. The topological polar surface area (TPSA) is 66.8 Å². The van der Waals surface area contributed by atoms with Crippen LogP contribution in [0, 0.1) is 0 Å². The van der Waals surface area contributed by atoms with E-state index in [4.69, 9.17) is 4.74 Å². The molecule has 88 valence electrons. The quantitative estimate of drug-likeness (QED) is 0.633. The average Bonchev–Trinajstić information content (AvgIpc) is 2.35. The number of hydrogen-bond acceptors (Lipinski definition) is 4. The van der Waals surface area contributed by atoms with Gasteiger partial charge in [-0.15, -0.1) is 0 Å². The Hall–Kier alpha value is -0.910. The Morgan fingerprint density at radius 3 is 2.69 bits per heavy atom.